The molecule has 0 fully saturated rings. The number of nitrogens with one attached hydrogen (secondary N) is 2. The number of benzene rings is 1. The van der Waals surface area contributed by atoms with Crippen molar-refractivity contribution in [3.8, 4) is 11.1 Å². The molecule has 2 N–H and O–H groups in total. The van der Waals surface area contributed by atoms with Crippen molar-refractivity contribution in [1.82, 2.24) is 20.2 Å². The Morgan fingerprint density at radius 2 is 2.03 bits per heavy atom. The summed E-state index contributed by atoms with van der Waals surface area (Å²) >= 11 is 3.96. The van der Waals surface area contributed by atoms with E-state index in [-0.39, 0.29) is 23.1 Å². The third-order valence-electron chi connectivity index (χ3n) is 4.03. The van der Waals surface area contributed by atoms with E-state index in [2.05, 4.69) is 25.5 Å². The van der Waals surface area contributed by atoms with Gasteiger partial charge in [0.1, 0.15) is 9.84 Å². The maximum atomic E-state index is 12.6. The molecule has 0 saturated heterocycles. The highest BCUT2D eigenvalue weighted by Crippen LogP contribution is 2.31. The Bertz CT molecular complexity index is 1210. The summed E-state index contributed by atoms with van der Waals surface area (Å²) in [6.07, 6.45) is 0. The number of aromatic amines is 1. The highest BCUT2D eigenvalue weighted by atomic mass is 32.2. The van der Waals surface area contributed by atoms with Gasteiger partial charge in [-0.05, 0) is 5.56 Å². The SMILES string of the molecule is CC(C)c1nnc(NC(=O)CSc2nc3scc(-c4ccccc4)c3c(=O)[nH]2)s1. The van der Waals surface area contributed by atoms with Gasteiger partial charge in [-0.25, -0.2) is 4.98 Å². The van der Waals surface area contributed by atoms with Gasteiger partial charge in [-0.3, -0.25) is 14.9 Å². The zero-order valence-electron chi connectivity index (χ0n) is 15.6. The number of H-pyrrole nitrogens is 1. The predicted octanol–water partition coefficient (Wildman–Crippen LogP) is 4.36. The maximum absolute atomic E-state index is 12.6. The van der Waals surface area contributed by atoms with Gasteiger partial charge in [-0.2, -0.15) is 0 Å². The van der Waals surface area contributed by atoms with Crippen LogP contribution in [0.25, 0.3) is 21.3 Å². The van der Waals surface area contributed by atoms with Crippen LogP contribution >= 0.6 is 34.4 Å². The molecule has 0 unspecified atom stereocenters. The van der Waals surface area contributed by atoms with Crippen LogP contribution < -0.4 is 10.9 Å². The number of anilines is 1. The van der Waals surface area contributed by atoms with Gasteiger partial charge < -0.3 is 4.98 Å². The van der Waals surface area contributed by atoms with Crippen molar-refractivity contribution in [3.63, 3.8) is 0 Å². The predicted molar refractivity (Wildman–Crippen MR) is 119 cm³/mol. The summed E-state index contributed by atoms with van der Waals surface area (Å²) in [4.78, 5) is 32.8. The van der Waals surface area contributed by atoms with Crippen LogP contribution in [0.5, 0.6) is 0 Å². The largest absolute Gasteiger partial charge is 0.301 e. The molecule has 0 aliphatic heterocycles. The fourth-order valence-electron chi connectivity index (χ4n) is 2.64. The Labute approximate surface area is 178 Å². The van der Waals surface area contributed by atoms with E-state index in [0.717, 1.165) is 16.1 Å². The van der Waals surface area contributed by atoms with Crippen molar-refractivity contribution in [2.45, 2.75) is 24.9 Å². The molecule has 4 aromatic rings. The van der Waals surface area contributed by atoms with Crippen LogP contribution in [-0.4, -0.2) is 31.8 Å². The molecule has 0 atom stereocenters. The van der Waals surface area contributed by atoms with Gasteiger partial charge in [0.25, 0.3) is 5.56 Å². The van der Waals surface area contributed by atoms with Crippen LogP contribution in [0, 0.1) is 0 Å². The average molecular weight is 444 g/mol. The quantitative estimate of drug-likeness (QED) is 0.339. The van der Waals surface area contributed by atoms with Gasteiger partial charge in [-0.15, -0.1) is 21.5 Å². The van der Waals surface area contributed by atoms with Crippen LogP contribution in [0.4, 0.5) is 5.13 Å². The lowest BCUT2D eigenvalue weighted by Gasteiger charge is -2.02. The van der Waals surface area contributed by atoms with E-state index in [1.54, 1.807) is 0 Å². The first-order valence-electron chi connectivity index (χ1n) is 8.84. The lowest BCUT2D eigenvalue weighted by molar-refractivity contribution is -0.113. The number of amides is 1. The summed E-state index contributed by atoms with van der Waals surface area (Å²) < 4.78 is 0. The highest BCUT2D eigenvalue weighted by molar-refractivity contribution is 7.99. The summed E-state index contributed by atoms with van der Waals surface area (Å²) in [5.41, 5.74) is 1.64. The van der Waals surface area contributed by atoms with E-state index in [1.807, 2.05) is 49.6 Å². The summed E-state index contributed by atoms with van der Waals surface area (Å²) in [5.74, 6) is 0.155. The van der Waals surface area contributed by atoms with Gasteiger partial charge in [-0.1, -0.05) is 67.3 Å². The smallest absolute Gasteiger partial charge is 0.260 e. The lowest BCUT2D eigenvalue weighted by atomic mass is 10.1. The monoisotopic (exact) mass is 443 g/mol. The molecule has 0 aliphatic rings. The van der Waals surface area contributed by atoms with Gasteiger partial charge in [0.2, 0.25) is 11.0 Å². The summed E-state index contributed by atoms with van der Waals surface area (Å²) in [5, 5.41) is 15.0. The molecule has 29 heavy (non-hydrogen) atoms. The molecule has 0 radical (unpaired) electrons. The van der Waals surface area contributed by atoms with Crippen molar-refractivity contribution in [2.24, 2.45) is 0 Å². The van der Waals surface area contributed by atoms with E-state index in [4.69, 9.17) is 0 Å². The number of nitrogens with zero attached hydrogens (tertiary/aromatic N) is 3. The summed E-state index contributed by atoms with van der Waals surface area (Å²) in [6.45, 7) is 4.04. The number of hydrogen-bond acceptors (Lipinski definition) is 8. The third-order valence-corrected chi connectivity index (χ3v) is 6.91. The number of carbonyl (C=O) groups is 1. The van der Waals surface area contributed by atoms with E-state index < -0.39 is 0 Å². The Balaban J connectivity index is 1.47. The fourth-order valence-corrected chi connectivity index (χ4v) is 5.06. The zero-order valence-corrected chi connectivity index (χ0v) is 18.1. The van der Waals surface area contributed by atoms with Crippen LogP contribution in [0.2, 0.25) is 0 Å². The fraction of sp³-hybridized carbons (Fsp3) is 0.211. The Morgan fingerprint density at radius 3 is 2.76 bits per heavy atom. The number of thiophene rings is 1. The molecular formula is C19H17N5O2S3. The first-order valence-corrected chi connectivity index (χ1v) is 11.5. The van der Waals surface area contributed by atoms with Crippen LogP contribution in [0.15, 0.2) is 45.7 Å². The second-order valence-corrected chi connectivity index (χ2v) is 9.33. The second-order valence-electron chi connectivity index (χ2n) is 6.50. The van der Waals surface area contributed by atoms with E-state index in [0.29, 0.717) is 20.5 Å². The van der Waals surface area contributed by atoms with Gasteiger partial charge in [0.05, 0.1) is 11.1 Å². The normalized spacial score (nSPS) is 11.3. The van der Waals surface area contributed by atoms with Crippen LogP contribution in [-0.2, 0) is 4.79 Å². The molecule has 148 valence electrons. The molecule has 7 nitrogen and oxygen atoms in total. The molecule has 4 rings (SSSR count). The van der Waals surface area contributed by atoms with Crippen molar-refractivity contribution in [3.05, 3.63) is 51.1 Å². The second kappa shape index (κ2) is 8.44. The number of carbonyl (C=O) groups excluding carboxylic acids is 1. The summed E-state index contributed by atoms with van der Waals surface area (Å²) in [7, 11) is 0. The van der Waals surface area contributed by atoms with Crippen molar-refractivity contribution in [2.75, 3.05) is 11.1 Å². The van der Waals surface area contributed by atoms with Gasteiger partial charge >= 0.3 is 0 Å². The molecular weight excluding hydrogens is 426 g/mol. The number of aromatic nitrogens is 4. The zero-order chi connectivity index (χ0) is 20.4. The van der Waals surface area contributed by atoms with Crippen LogP contribution in [0.1, 0.15) is 24.8 Å². The maximum Gasteiger partial charge on any atom is 0.260 e. The molecule has 0 saturated carbocycles. The molecule has 10 heteroatoms. The van der Waals surface area contributed by atoms with E-state index in [1.165, 1.54) is 34.4 Å². The number of hydrogen-bond donors (Lipinski definition) is 2. The Kier molecular flexibility index (Phi) is 5.74. The molecule has 0 aliphatic carbocycles. The third kappa shape index (κ3) is 4.39. The Morgan fingerprint density at radius 1 is 1.24 bits per heavy atom. The highest BCUT2D eigenvalue weighted by Gasteiger charge is 2.15. The number of rotatable bonds is 6. The molecule has 1 aromatic carbocycles. The first-order chi connectivity index (χ1) is 14.0. The van der Waals surface area contributed by atoms with E-state index >= 15 is 0 Å². The molecule has 3 heterocycles. The summed E-state index contributed by atoms with van der Waals surface area (Å²) in [6, 6.07) is 9.74. The van der Waals surface area contributed by atoms with E-state index in [9.17, 15) is 9.59 Å². The minimum absolute atomic E-state index is 0.113. The average Bonchev–Trinajstić information content (AvgIpc) is 3.34. The van der Waals surface area contributed by atoms with Crippen molar-refractivity contribution >= 4 is 55.7 Å². The number of thioether (sulfide) groups is 1. The molecule has 1 amide bonds. The lowest BCUT2D eigenvalue weighted by Crippen LogP contribution is -2.15. The molecule has 0 bridgehead atoms. The Hall–Kier alpha value is -2.56. The van der Waals surface area contributed by atoms with Crippen molar-refractivity contribution in [1.29, 1.82) is 0 Å². The van der Waals surface area contributed by atoms with Gasteiger partial charge in [0.15, 0.2) is 5.16 Å². The van der Waals surface area contributed by atoms with Crippen molar-refractivity contribution < 1.29 is 4.79 Å². The van der Waals surface area contributed by atoms with Crippen LogP contribution in [0.3, 0.4) is 0 Å². The molecule has 3 aromatic heterocycles. The topological polar surface area (TPSA) is 101 Å². The van der Waals surface area contributed by atoms with Gasteiger partial charge in [0, 0.05) is 16.9 Å². The molecule has 0 spiro atoms. The number of fused-ring (bicyclic) bond motifs is 1. The minimum Gasteiger partial charge on any atom is -0.301 e. The standard InChI is InChI=1S/C19H17N5O2S3/c1-10(2)16-23-24-19(29-16)20-13(25)9-28-18-21-15(26)14-12(8-27-17(14)22-18)11-6-4-3-5-7-11/h3-8,10H,9H2,1-2H3,(H,20,24,25)(H,21,22,26). The first kappa shape index (κ1) is 19.7. The minimum atomic E-state index is -0.222.